The van der Waals surface area contributed by atoms with Gasteiger partial charge in [-0.15, -0.1) is 0 Å². The molecule has 2 aromatic rings. The molecule has 0 aliphatic carbocycles. The van der Waals surface area contributed by atoms with Gasteiger partial charge >= 0.3 is 0 Å². The van der Waals surface area contributed by atoms with Crippen molar-refractivity contribution in [2.24, 2.45) is 0 Å². The molecule has 0 spiro atoms. The van der Waals surface area contributed by atoms with E-state index in [1.54, 1.807) is 0 Å². The summed E-state index contributed by atoms with van der Waals surface area (Å²) in [6.45, 7) is 1.12. The Bertz CT molecular complexity index is 608. The minimum atomic E-state index is 0. The smallest absolute Gasteiger partial charge is 0.162 e. The third kappa shape index (κ3) is 6.46. The number of carbonyl (C=O) groups excluding carboxylic acids is 1. The maximum absolute atomic E-state index is 12.2. The van der Waals surface area contributed by atoms with Gasteiger partial charge in [-0.25, -0.2) is 0 Å². The molecule has 4 heteroatoms. The van der Waals surface area contributed by atoms with Crippen molar-refractivity contribution in [3.8, 4) is 11.1 Å². The van der Waals surface area contributed by atoms with Crippen LogP contribution in [0.25, 0.3) is 11.1 Å². The molecule has 0 saturated carbocycles. The summed E-state index contributed by atoms with van der Waals surface area (Å²) in [4.78, 5) is 13.6. The third-order valence-corrected chi connectivity index (χ3v) is 4.24. The van der Waals surface area contributed by atoms with Crippen LogP contribution in [-0.4, -0.2) is 26.4 Å². The lowest BCUT2D eigenvalue weighted by atomic mass is 10.0. The first-order valence-electron chi connectivity index (χ1n) is 7.74. The predicted octanol–water partition coefficient (Wildman–Crippen LogP) is 0.618. The fourth-order valence-corrected chi connectivity index (χ4v) is 2.66. The van der Waals surface area contributed by atoms with Gasteiger partial charge in [-0.3, -0.25) is 4.79 Å². The van der Waals surface area contributed by atoms with Crippen LogP contribution in [0.3, 0.4) is 0 Å². The largest absolute Gasteiger partial charge is 1.00 e. The maximum atomic E-state index is 12.2. The van der Waals surface area contributed by atoms with Gasteiger partial charge < -0.3 is 17.3 Å². The van der Waals surface area contributed by atoms with E-state index >= 15 is 0 Å². The molecule has 23 heavy (non-hydrogen) atoms. The summed E-state index contributed by atoms with van der Waals surface area (Å²) in [5.41, 5.74) is 3.12. The molecule has 0 amide bonds. The molecule has 2 nitrogen and oxygen atoms in total. The third-order valence-electron chi connectivity index (χ3n) is 3.72. The van der Waals surface area contributed by atoms with Gasteiger partial charge in [0, 0.05) is 16.5 Å². The molecule has 0 fully saturated rings. The average Bonchev–Trinajstić information content (AvgIpc) is 2.52. The summed E-state index contributed by atoms with van der Waals surface area (Å²) >= 11 is 3.44. The monoisotopic (exact) mass is 395 g/mol. The first-order valence-corrected chi connectivity index (χ1v) is 8.54. The lowest BCUT2D eigenvalue weighted by Gasteiger charge is -2.07. The molecule has 0 bridgehead atoms. The van der Waals surface area contributed by atoms with Gasteiger partial charge in [0.05, 0.1) is 20.6 Å². The number of hydrogen-bond acceptors (Lipinski definition) is 1. The number of Topliss-reactive ketones (excluding diaryl/α,β-unsaturated/α-hetero) is 1. The molecule has 2 rings (SSSR count). The molecule has 0 radical (unpaired) electrons. The summed E-state index contributed by atoms with van der Waals surface area (Å²) in [5, 5.41) is 0. The SMILES string of the molecule is C[NH+](C)CCCCC(=O)c1ccc(-c2ccc(Br)cc2)cc1.[Cl-]. The van der Waals surface area contributed by atoms with Crippen LogP contribution in [0.1, 0.15) is 29.6 Å². The lowest BCUT2D eigenvalue weighted by Crippen LogP contribution is -3.05. The van der Waals surface area contributed by atoms with Crippen molar-refractivity contribution in [2.45, 2.75) is 19.3 Å². The highest BCUT2D eigenvalue weighted by Gasteiger charge is 2.07. The van der Waals surface area contributed by atoms with Gasteiger partial charge in [-0.2, -0.15) is 0 Å². The number of hydrogen-bond donors (Lipinski definition) is 1. The lowest BCUT2D eigenvalue weighted by molar-refractivity contribution is -0.858. The van der Waals surface area contributed by atoms with Crippen molar-refractivity contribution in [2.75, 3.05) is 20.6 Å². The first kappa shape index (κ1) is 19.9. The van der Waals surface area contributed by atoms with Gasteiger partial charge in [0.2, 0.25) is 0 Å². The van der Waals surface area contributed by atoms with E-state index in [-0.39, 0.29) is 18.2 Å². The summed E-state index contributed by atoms with van der Waals surface area (Å²) in [5.74, 6) is 0.246. The maximum Gasteiger partial charge on any atom is 0.162 e. The van der Waals surface area contributed by atoms with Crippen LogP contribution in [0, 0.1) is 0 Å². The zero-order chi connectivity index (χ0) is 15.9. The number of halogens is 2. The number of nitrogens with one attached hydrogen (secondary N) is 1. The van der Waals surface area contributed by atoms with Gasteiger partial charge in [-0.1, -0.05) is 52.3 Å². The molecule has 0 aromatic heterocycles. The Hall–Kier alpha value is -1.16. The second-order valence-electron chi connectivity index (χ2n) is 5.92. The van der Waals surface area contributed by atoms with Crippen LogP contribution in [0.5, 0.6) is 0 Å². The Balaban J connectivity index is 0.00000264. The topological polar surface area (TPSA) is 21.5 Å². The Morgan fingerprint density at radius 3 is 1.96 bits per heavy atom. The number of carbonyl (C=O) groups is 1. The highest BCUT2D eigenvalue weighted by molar-refractivity contribution is 9.10. The zero-order valence-corrected chi connectivity index (χ0v) is 16.0. The van der Waals surface area contributed by atoms with E-state index in [4.69, 9.17) is 0 Å². The highest BCUT2D eigenvalue weighted by Crippen LogP contribution is 2.22. The van der Waals surface area contributed by atoms with Gasteiger partial charge in [0.15, 0.2) is 5.78 Å². The second-order valence-corrected chi connectivity index (χ2v) is 6.84. The van der Waals surface area contributed by atoms with Gasteiger partial charge in [-0.05, 0) is 36.1 Å². The average molecular weight is 397 g/mol. The number of quaternary nitrogens is 1. The summed E-state index contributed by atoms with van der Waals surface area (Å²) in [6.07, 6.45) is 2.72. The standard InChI is InChI=1S/C19H22BrNO.ClH/c1-21(2)14-4-3-5-19(22)17-8-6-15(7-9-17)16-10-12-18(20)13-11-16;/h6-13H,3-5,14H2,1-2H3;1H. The first-order chi connectivity index (χ1) is 10.6. The quantitative estimate of drug-likeness (QED) is 0.538. The fraction of sp³-hybridized carbons (Fsp3) is 0.316. The normalized spacial score (nSPS) is 10.4. The Labute approximate surface area is 153 Å². The number of benzene rings is 2. The van der Waals surface area contributed by atoms with Crippen molar-refractivity contribution in [1.82, 2.24) is 0 Å². The molecule has 0 atom stereocenters. The van der Waals surface area contributed by atoms with Crippen LogP contribution < -0.4 is 17.3 Å². The predicted molar refractivity (Wildman–Crippen MR) is 95.4 cm³/mol. The molecule has 1 N–H and O–H groups in total. The molecule has 2 aromatic carbocycles. The van der Waals surface area contributed by atoms with E-state index in [9.17, 15) is 4.79 Å². The molecule has 0 heterocycles. The Morgan fingerprint density at radius 1 is 0.913 bits per heavy atom. The van der Waals surface area contributed by atoms with Crippen molar-refractivity contribution in [1.29, 1.82) is 0 Å². The number of rotatable bonds is 7. The molecular formula is C19H23BrClNO. The van der Waals surface area contributed by atoms with Crippen LogP contribution in [0.4, 0.5) is 0 Å². The Morgan fingerprint density at radius 2 is 1.43 bits per heavy atom. The zero-order valence-electron chi connectivity index (χ0n) is 13.6. The van der Waals surface area contributed by atoms with E-state index in [1.807, 2.05) is 36.4 Å². The second kappa shape index (κ2) is 9.86. The minimum absolute atomic E-state index is 0. The van der Waals surface area contributed by atoms with Crippen molar-refractivity contribution in [3.63, 3.8) is 0 Å². The molecule has 0 saturated heterocycles. The van der Waals surface area contributed by atoms with Crippen LogP contribution >= 0.6 is 15.9 Å². The number of ketones is 1. The van der Waals surface area contributed by atoms with Gasteiger partial charge in [0.1, 0.15) is 0 Å². The minimum Gasteiger partial charge on any atom is -1.00 e. The van der Waals surface area contributed by atoms with Gasteiger partial charge in [0.25, 0.3) is 0 Å². The van der Waals surface area contributed by atoms with Crippen molar-refractivity contribution in [3.05, 3.63) is 58.6 Å². The van der Waals surface area contributed by atoms with Crippen molar-refractivity contribution >= 4 is 21.7 Å². The fourth-order valence-electron chi connectivity index (χ4n) is 2.40. The molecule has 124 valence electrons. The number of unbranched alkanes of at least 4 members (excludes halogenated alkanes) is 1. The highest BCUT2D eigenvalue weighted by atomic mass is 79.9. The van der Waals surface area contributed by atoms with E-state index in [0.717, 1.165) is 40.5 Å². The van der Waals surface area contributed by atoms with Crippen LogP contribution in [0.15, 0.2) is 53.0 Å². The van der Waals surface area contributed by atoms with E-state index in [2.05, 4.69) is 42.2 Å². The van der Waals surface area contributed by atoms with Crippen LogP contribution in [-0.2, 0) is 0 Å². The summed E-state index contributed by atoms with van der Waals surface area (Å²) < 4.78 is 1.07. The molecule has 0 aliphatic rings. The van der Waals surface area contributed by atoms with E-state index in [1.165, 1.54) is 4.90 Å². The summed E-state index contributed by atoms with van der Waals surface area (Å²) in [6, 6.07) is 16.1. The van der Waals surface area contributed by atoms with Crippen molar-refractivity contribution < 1.29 is 22.1 Å². The summed E-state index contributed by atoms with van der Waals surface area (Å²) in [7, 11) is 4.28. The molecule has 0 unspecified atom stereocenters. The van der Waals surface area contributed by atoms with Crippen LogP contribution in [0.2, 0.25) is 0 Å². The van der Waals surface area contributed by atoms with E-state index < -0.39 is 0 Å². The molecule has 0 aliphatic heterocycles. The Kier molecular flexibility index (Phi) is 8.53. The molecular weight excluding hydrogens is 374 g/mol. The van der Waals surface area contributed by atoms with E-state index in [0.29, 0.717) is 6.42 Å².